The number of carbonyl (C=O) groups is 1. The molecule has 0 bridgehead atoms. The molecule has 3 N–H and O–H groups in total. The number of nitrogens with two attached hydrogens (primary N) is 1. The molecule has 0 saturated heterocycles. The lowest BCUT2D eigenvalue weighted by Crippen LogP contribution is -2.06. The summed E-state index contributed by atoms with van der Waals surface area (Å²) in [6.07, 6.45) is 1.71. The molecule has 104 valence electrons. The Bertz CT molecular complexity index is 582. The number of rotatable bonds is 6. The Morgan fingerprint density at radius 3 is 2.60 bits per heavy atom. The van der Waals surface area contributed by atoms with Crippen LogP contribution >= 0.6 is 0 Å². The van der Waals surface area contributed by atoms with Gasteiger partial charge in [0.25, 0.3) is 0 Å². The standard InChI is InChI=1S/C16H17NO3/c17-13-8-9-14(16(18)19)15(11-13)20-10-4-7-12-5-2-1-3-6-12/h1-3,5-6,8-9,11H,4,7,10,17H2,(H,18,19). The third-order valence-corrected chi connectivity index (χ3v) is 2.95. The number of aryl methyl sites for hydroxylation is 1. The quantitative estimate of drug-likeness (QED) is 0.625. The number of anilines is 1. The van der Waals surface area contributed by atoms with E-state index in [0.717, 1.165) is 12.8 Å². The zero-order valence-corrected chi connectivity index (χ0v) is 11.1. The van der Waals surface area contributed by atoms with Gasteiger partial charge >= 0.3 is 5.97 Å². The molecule has 2 aromatic rings. The van der Waals surface area contributed by atoms with E-state index < -0.39 is 5.97 Å². The molecule has 0 radical (unpaired) electrons. The van der Waals surface area contributed by atoms with E-state index in [4.69, 9.17) is 15.6 Å². The van der Waals surface area contributed by atoms with Crippen molar-refractivity contribution < 1.29 is 14.6 Å². The van der Waals surface area contributed by atoms with Crippen LogP contribution in [0.3, 0.4) is 0 Å². The van der Waals surface area contributed by atoms with Crippen molar-refractivity contribution in [1.82, 2.24) is 0 Å². The van der Waals surface area contributed by atoms with Crippen LogP contribution in [0.5, 0.6) is 5.75 Å². The van der Waals surface area contributed by atoms with E-state index in [2.05, 4.69) is 12.1 Å². The predicted octanol–water partition coefficient (Wildman–Crippen LogP) is 2.98. The van der Waals surface area contributed by atoms with E-state index >= 15 is 0 Å². The highest BCUT2D eigenvalue weighted by Gasteiger charge is 2.11. The van der Waals surface area contributed by atoms with Crippen molar-refractivity contribution in [2.75, 3.05) is 12.3 Å². The molecular weight excluding hydrogens is 254 g/mol. The second-order valence-electron chi connectivity index (χ2n) is 4.50. The average Bonchev–Trinajstić information content (AvgIpc) is 2.44. The molecule has 0 amide bonds. The zero-order valence-electron chi connectivity index (χ0n) is 11.1. The average molecular weight is 271 g/mol. The third-order valence-electron chi connectivity index (χ3n) is 2.95. The molecule has 2 aromatic carbocycles. The minimum Gasteiger partial charge on any atom is -0.493 e. The van der Waals surface area contributed by atoms with Crippen molar-refractivity contribution in [3.05, 3.63) is 59.7 Å². The number of hydrogen-bond acceptors (Lipinski definition) is 3. The Labute approximate surface area is 117 Å². The van der Waals surface area contributed by atoms with E-state index in [-0.39, 0.29) is 5.56 Å². The molecule has 0 atom stereocenters. The Morgan fingerprint density at radius 1 is 1.15 bits per heavy atom. The van der Waals surface area contributed by atoms with Gasteiger partial charge in [0.05, 0.1) is 6.61 Å². The van der Waals surface area contributed by atoms with Crippen LogP contribution in [0.2, 0.25) is 0 Å². The highest BCUT2D eigenvalue weighted by Crippen LogP contribution is 2.22. The maximum Gasteiger partial charge on any atom is 0.339 e. The molecule has 2 rings (SSSR count). The number of ether oxygens (including phenoxy) is 1. The SMILES string of the molecule is Nc1ccc(C(=O)O)c(OCCCc2ccccc2)c1. The van der Waals surface area contributed by atoms with Crippen LogP contribution in [0.25, 0.3) is 0 Å². The van der Waals surface area contributed by atoms with Gasteiger partial charge in [-0.1, -0.05) is 30.3 Å². The molecule has 0 heterocycles. The second-order valence-corrected chi connectivity index (χ2v) is 4.50. The third kappa shape index (κ3) is 3.75. The van der Waals surface area contributed by atoms with Gasteiger partial charge in [0.2, 0.25) is 0 Å². The molecule has 0 saturated carbocycles. The van der Waals surface area contributed by atoms with Gasteiger partial charge in [-0.05, 0) is 30.5 Å². The van der Waals surface area contributed by atoms with Crippen molar-refractivity contribution in [3.63, 3.8) is 0 Å². The van der Waals surface area contributed by atoms with Crippen molar-refractivity contribution in [3.8, 4) is 5.75 Å². The Morgan fingerprint density at radius 2 is 1.90 bits per heavy atom. The minimum atomic E-state index is -1.01. The van der Waals surface area contributed by atoms with Gasteiger partial charge in [-0.15, -0.1) is 0 Å². The summed E-state index contributed by atoms with van der Waals surface area (Å²) in [6.45, 7) is 0.457. The normalized spacial score (nSPS) is 10.2. The molecule has 0 fully saturated rings. The fraction of sp³-hybridized carbons (Fsp3) is 0.188. The lowest BCUT2D eigenvalue weighted by molar-refractivity contribution is 0.0692. The van der Waals surface area contributed by atoms with Gasteiger partial charge in [0.1, 0.15) is 11.3 Å². The lowest BCUT2D eigenvalue weighted by atomic mass is 10.1. The Hall–Kier alpha value is -2.49. The van der Waals surface area contributed by atoms with Crippen molar-refractivity contribution in [2.45, 2.75) is 12.8 Å². The number of aromatic carboxylic acids is 1. The van der Waals surface area contributed by atoms with Gasteiger partial charge in [-0.25, -0.2) is 4.79 Å². The summed E-state index contributed by atoms with van der Waals surface area (Å²) in [7, 11) is 0. The first-order chi connectivity index (χ1) is 9.66. The monoisotopic (exact) mass is 271 g/mol. The van der Waals surface area contributed by atoms with Crippen molar-refractivity contribution in [1.29, 1.82) is 0 Å². The van der Waals surface area contributed by atoms with E-state index in [0.29, 0.717) is 18.0 Å². The van der Waals surface area contributed by atoms with Crippen LogP contribution in [0.1, 0.15) is 22.3 Å². The molecule has 0 aliphatic rings. The van der Waals surface area contributed by atoms with E-state index in [1.165, 1.54) is 11.6 Å². The summed E-state index contributed by atoms with van der Waals surface area (Å²) < 4.78 is 5.54. The number of nitrogen functional groups attached to an aromatic ring is 1. The maximum atomic E-state index is 11.1. The molecule has 4 nitrogen and oxygen atoms in total. The number of carboxylic acid groups (broad SMARTS) is 1. The summed E-state index contributed by atoms with van der Waals surface area (Å²) >= 11 is 0. The summed E-state index contributed by atoms with van der Waals surface area (Å²) in [5.74, 6) is -0.686. The molecule has 0 aliphatic carbocycles. The van der Waals surface area contributed by atoms with Gasteiger partial charge in [-0.3, -0.25) is 0 Å². The van der Waals surface area contributed by atoms with E-state index in [1.807, 2.05) is 18.2 Å². The van der Waals surface area contributed by atoms with Gasteiger partial charge < -0.3 is 15.6 Å². The first-order valence-corrected chi connectivity index (χ1v) is 6.46. The van der Waals surface area contributed by atoms with E-state index in [9.17, 15) is 4.79 Å². The molecular formula is C16H17NO3. The second kappa shape index (κ2) is 6.61. The van der Waals surface area contributed by atoms with Crippen molar-refractivity contribution >= 4 is 11.7 Å². The summed E-state index contributed by atoms with van der Waals surface area (Å²) in [4.78, 5) is 11.1. The highest BCUT2D eigenvalue weighted by atomic mass is 16.5. The molecule has 0 unspecified atom stereocenters. The lowest BCUT2D eigenvalue weighted by Gasteiger charge is -2.10. The van der Waals surface area contributed by atoms with Crippen LogP contribution in [-0.4, -0.2) is 17.7 Å². The topological polar surface area (TPSA) is 72.6 Å². The smallest absolute Gasteiger partial charge is 0.339 e. The van der Waals surface area contributed by atoms with Gasteiger partial charge in [0.15, 0.2) is 0 Å². The molecule has 0 aromatic heterocycles. The molecule has 0 aliphatic heterocycles. The largest absolute Gasteiger partial charge is 0.493 e. The first-order valence-electron chi connectivity index (χ1n) is 6.46. The highest BCUT2D eigenvalue weighted by molar-refractivity contribution is 5.91. The van der Waals surface area contributed by atoms with Gasteiger partial charge in [-0.2, -0.15) is 0 Å². The summed E-state index contributed by atoms with van der Waals surface area (Å²) in [5, 5.41) is 9.07. The fourth-order valence-corrected chi connectivity index (χ4v) is 1.94. The van der Waals surface area contributed by atoms with Crippen molar-refractivity contribution in [2.24, 2.45) is 0 Å². The van der Waals surface area contributed by atoms with Gasteiger partial charge in [0, 0.05) is 11.8 Å². The predicted molar refractivity (Wildman–Crippen MR) is 78.1 cm³/mol. The Balaban J connectivity index is 1.91. The van der Waals surface area contributed by atoms with Crippen LogP contribution < -0.4 is 10.5 Å². The zero-order chi connectivity index (χ0) is 14.4. The molecule has 0 spiro atoms. The fourth-order valence-electron chi connectivity index (χ4n) is 1.94. The van der Waals surface area contributed by atoms with Crippen LogP contribution in [0.15, 0.2) is 48.5 Å². The molecule has 20 heavy (non-hydrogen) atoms. The summed E-state index contributed by atoms with van der Waals surface area (Å²) in [6, 6.07) is 14.7. The van der Waals surface area contributed by atoms with Crippen LogP contribution in [0.4, 0.5) is 5.69 Å². The molecule has 4 heteroatoms. The van der Waals surface area contributed by atoms with Crippen LogP contribution in [0, 0.1) is 0 Å². The Kier molecular flexibility index (Phi) is 4.60. The first kappa shape index (κ1) is 13.9. The number of benzene rings is 2. The number of hydrogen-bond donors (Lipinski definition) is 2. The van der Waals surface area contributed by atoms with Crippen LogP contribution in [-0.2, 0) is 6.42 Å². The number of carboxylic acids is 1. The summed E-state index contributed by atoms with van der Waals surface area (Å²) in [5.41, 5.74) is 7.52. The maximum absolute atomic E-state index is 11.1. The minimum absolute atomic E-state index is 0.138. The van der Waals surface area contributed by atoms with E-state index in [1.54, 1.807) is 12.1 Å².